The molecule has 0 spiro atoms. The molecule has 0 heterocycles. The Hall–Kier alpha value is -1.30. The lowest BCUT2D eigenvalue weighted by molar-refractivity contribution is -0.143. The van der Waals surface area contributed by atoms with Crippen LogP contribution in [0.15, 0.2) is 0 Å². The first kappa shape index (κ1) is 15.8. The molecule has 0 aromatic carbocycles. The number of likely N-dealkylation sites (N-methyl/N-ethyl adjacent to an activating group) is 1. The molecule has 0 bridgehead atoms. The molecule has 6 nitrogen and oxygen atoms in total. The van der Waals surface area contributed by atoms with Crippen LogP contribution in [-0.2, 0) is 4.79 Å². The largest absolute Gasteiger partial charge is 0.481 e. The Bertz CT molecular complexity index is 320. The Morgan fingerprint density at radius 1 is 1.32 bits per heavy atom. The SMILES string of the molecule is CC(CN(C)C)NC(=O)NC1CCCCC1C(=O)O. The molecule has 1 saturated carbocycles. The van der Waals surface area contributed by atoms with Crippen molar-refractivity contribution in [1.29, 1.82) is 0 Å². The third-order valence-corrected chi connectivity index (χ3v) is 3.42. The van der Waals surface area contributed by atoms with Crippen LogP contribution in [0.1, 0.15) is 32.6 Å². The second kappa shape index (κ2) is 7.33. The number of amides is 2. The van der Waals surface area contributed by atoms with Crippen molar-refractivity contribution >= 4 is 12.0 Å². The number of nitrogens with zero attached hydrogens (tertiary/aromatic N) is 1. The second-order valence-electron chi connectivity index (χ2n) is 5.62. The first-order chi connectivity index (χ1) is 8.90. The zero-order chi connectivity index (χ0) is 14.4. The molecular formula is C13H25N3O3. The van der Waals surface area contributed by atoms with E-state index >= 15 is 0 Å². The van der Waals surface area contributed by atoms with Crippen LogP contribution in [0, 0.1) is 5.92 Å². The first-order valence-corrected chi connectivity index (χ1v) is 6.84. The fourth-order valence-electron chi connectivity index (χ4n) is 2.63. The summed E-state index contributed by atoms with van der Waals surface area (Å²) in [5, 5.41) is 14.8. The highest BCUT2D eigenvalue weighted by molar-refractivity contribution is 5.77. The molecule has 1 aliphatic carbocycles. The Kier molecular flexibility index (Phi) is 6.08. The van der Waals surface area contributed by atoms with E-state index in [9.17, 15) is 9.59 Å². The van der Waals surface area contributed by atoms with Crippen LogP contribution in [0.5, 0.6) is 0 Å². The minimum absolute atomic E-state index is 0.0295. The highest BCUT2D eigenvalue weighted by atomic mass is 16.4. The van der Waals surface area contributed by atoms with Crippen molar-refractivity contribution in [2.45, 2.75) is 44.7 Å². The summed E-state index contributed by atoms with van der Waals surface area (Å²) in [4.78, 5) is 25.0. The average Bonchev–Trinajstić information content (AvgIpc) is 2.27. The summed E-state index contributed by atoms with van der Waals surface area (Å²) in [5.74, 6) is -1.27. The normalized spacial score (nSPS) is 24.8. The molecular weight excluding hydrogens is 246 g/mol. The van der Waals surface area contributed by atoms with Crippen molar-refractivity contribution in [3.63, 3.8) is 0 Å². The lowest BCUT2D eigenvalue weighted by Gasteiger charge is -2.30. The van der Waals surface area contributed by atoms with E-state index in [0.29, 0.717) is 6.42 Å². The van der Waals surface area contributed by atoms with Crippen LogP contribution >= 0.6 is 0 Å². The standard InChI is InChI=1S/C13H25N3O3/c1-9(8-16(2)3)14-13(19)15-11-7-5-4-6-10(11)12(17)18/h9-11H,4-8H2,1-3H3,(H,17,18)(H2,14,15,19). The van der Waals surface area contributed by atoms with Crippen molar-refractivity contribution < 1.29 is 14.7 Å². The average molecular weight is 271 g/mol. The topological polar surface area (TPSA) is 81.7 Å². The van der Waals surface area contributed by atoms with Crippen LogP contribution in [0.4, 0.5) is 4.79 Å². The summed E-state index contributed by atoms with van der Waals surface area (Å²) >= 11 is 0. The van der Waals surface area contributed by atoms with Gasteiger partial charge in [-0.05, 0) is 33.9 Å². The van der Waals surface area contributed by atoms with Gasteiger partial charge in [-0.3, -0.25) is 4.79 Å². The van der Waals surface area contributed by atoms with E-state index in [4.69, 9.17) is 5.11 Å². The van der Waals surface area contributed by atoms with Crippen molar-refractivity contribution in [2.24, 2.45) is 5.92 Å². The summed E-state index contributed by atoms with van der Waals surface area (Å²) in [7, 11) is 3.88. The van der Waals surface area contributed by atoms with Crippen molar-refractivity contribution in [3.8, 4) is 0 Å². The van der Waals surface area contributed by atoms with Crippen LogP contribution in [0.3, 0.4) is 0 Å². The Morgan fingerprint density at radius 2 is 1.95 bits per heavy atom. The molecule has 6 heteroatoms. The van der Waals surface area contributed by atoms with E-state index in [2.05, 4.69) is 10.6 Å². The van der Waals surface area contributed by atoms with E-state index in [1.54, 1.807) is 0 Å². The lowest BCUT2D eigenvalue weighted by Crippen LogP contribution is -2.51. The van der Waals surface area contributed by atoms with Gasteiger partial charge in [-0.25, -0.2) is 4.79 Å². The summed E-state index contributed by atoms with van der Waals surface area (Å²) in [6, 6.07) is -0.493. The molecule has 0 aromatic heterocycles. The van der Waals surface area contributed by atoms with Gasteiger partial charge in [0.2, 0.25) is 0 Å². The number of carbonyl (C=O) groups excluding carboxylic acids is 1. The molecule has 3 atom stereocenters. The molecule has 0 aliphatic heterocycles. The van der Waals surface area contributed by atoms with Gasteiger partial charge >= 0.3 is 12.0 Å². The lowest BCUT2D eigenvalue weighted by atomic mass is 9.84. The van der Waals surface area contributed by atoms with Gasteiger partial charge in [0.1, 0.15) is 0 Å². The summed E-state index contributed by atoms with van der Waals surface area (Å²) in [5.41, 5.74) is 0. The van der Waals surface area contributed by atoms with E-state index < -0.39 is 11.9 Å². The number of aliphatic carboxylic acids is 1. The number of hydrogen-bond acceptors (Lipinski definition) is 3. The van der Waals surface area contributed by atoms with Gasteiger partial charge in [0.15, 0.2) is 0 Å². The fraction of sp³-hybridized carbons (Fsp3) is 0.846. The van der Waals surface area contributed by atoms with Gasteiger partial charge < -0.3 is 20.6 Å². The van der Waals surface area contributed by atoms with Gasteiger partial charge in [-0.1, -0.05) is 12.8 Å². The molecule has 3 unspecified atom stereocenters. The van der Waals surface area contributed by atoms with E-state index in [0.717, 1.165) is 25.8 Å². The maximum atomic E-state index is 11.8. The van der Waals surface area contributed by atoms with Gasteiger partial charge in [0.25, 0.3) is 0 Å². The maximum absolute atomic E-state index is 11.8. The number of hydrogen-bond donors (Lipinski definition) is 3. The minimum atomic E-state index is -0.814. The number of nitrogens with one attached hydrogen (secondary N) is 2. The highest BCUT2D eigenvalue weighted by Gasteiger charge is 2.31. The summed E-state index contributed by atoms with van der Waals surface area (Å²) in [6.45, 7) is 2.68. The Balaban J connectivity index is 2.43. The smallest absolute Gasteiger partial charge is 0.315 e. The van der Waals surface area contributed by atoms with Crippen LogP contribution in [0.25, 0.3) is 0 Å². The molecule has 0 radical (unpaired) electrons. The molecule has 1 rings (SSSR count). The van der Waals surface area contributed by atoms with Gasteiger partial charge in [-0.2, -0.15) is 0 Å². The molecule has 2 amide bonds. The van der Waals surface area contributed by atoms with Crippen LogP contribution < -0.4 is 10.6 Å². The third kappa shape index (κ3) is 5.46. The molecule has 3 N–H and O–H groups in total. The summed E-state index contributed by atoms with van der Waals surface area (Å²) in [6.07, 6.45) is 3.29. The first-order valence-electron chi connectivity index (χ1n) is 6.84. The quantitative estimate of drug-likeness (QED) is 0.693. The zero-order valence-electron chi connectivity index (χ0n) is 12.0. The zero-order valence-corrected chi connectivity index (χ0v) is 12.0. The van der Waals surface area contributed by atoms with Crippen LogP contribution in [-0.4, -0.2) is 54.7 Å². The van der Waals surface area contributed by atoms with Gasteiger partial charge in [0.05, 0.1) is 5.92 Å². The molecule has 19 heavy (non-hydrogen) atoms. The monoisotopic (exact) mass is 271 g/mol. The number of rotatable bonds is 5. The fourth-order valence-corrected chi connectivity index (χ4v) is 2.63. The van der Waals surface area contributed by atoms with E-state index in [-0.39, 0.29) is 18.1 Å². The predicted octanol–water partition coefficient (Wildman–Crippen LogP) is 0.879. The number of carboxylic acids is 1. The molecule has 110 valence electrons. The third-order valence-electron chi connectivity index (χ3n) is 3.42. The number of carboxylic acid groups (broad SMARTS) is 1. The highest BCUT2D eigenvalue weighted by Crippen LogP contribution is 2.24. The van der Waals surface area contributed by atoms with E-state index in [1.165, 1.54) is 0 Å². The molecule has 0 aromatic rings. The molecule has 1 aliphatic rings. The number of carbonyl (C=O) groups is 2. The van der Waals surface area contributed by atoms with Gasteiger partial charge in [-0.15, -0.1) is 0 Å². The van der Waals surface area contributed by atoms with Crippen molar-refractivity contribution in [2.75, 3.05) is 20.6 Å². The minimum Gasteiger partial charge on any atom is -0.481 e. The molecule has 1 fully saturated rings. The predicted molar refractivity (Wildman–Crippen MR) is 73.1 cm³/mol. The van der Waals surface area contributed by atoms with Crippen LogP contribution in [0.2, 0.25) is 0 Å². The Morgan fingerprint density at radius 3 is 2.53 bits per heavy atom. The second-order valence-corrected chi connectivity index (χ2v) is 5.62. The Labute approximate surface area is 114 Å². The molecule has 0 saturated heterocycles. The van der Waals surface area contributed by atoms with Crippen molar-refractivity contribution in [1.82, 2.24) is 15.5 Å². The van der Waals surface area contributed by atoms with E-state index in [1.807, 2.05) is 25.9 Å². The van der Waals surface area contributed by atoms with Crippen molar-refractivity contribution in [3.05, 3.63) is 0 Å². The van der Waals surface area contributed by atoms with Gasteiger partial charge in [0, 0.05) is 18.6 Å². The number of urea groups is 1. The maximum Gasteiger partial charge on any atom is 0.315 e. The summed E-state index contributed by atoms with van der Waals surface area (Å²) < 4.78 is 0.